The van der Waals surface area contributed by atoms with Gasteiger partial charge in [-0.1, -0.05) is 13.3 Å². The second-order valence-corrected chi connectivity index (χ2v) is 12.9. The minimum atomic E-state index is -2.57. The maximum Gasteiger partial charge on any atom is 0.514 e. The number of aromatic nitrogens is 1. The molecule has 244 valence electrons. The number of hydrogen-bond donors (Lipinski definition) is 3. The van der Waals surface area contributed by atoms with Gasteiger partial charge in [-0.3, -0.25) is 14.5 Å². The number of carbonyl (C=O) groups excluding carboxylic acids is 3. The fraction of sp³-hybridized carbons (Fsp3) is 0.562. The summed E-state index contributed by atoms with van der Waals surface area (Å²) in [5.74, 6) is -3.93. The number of ether oxygens (including phenoxy) is 4. The Hall–Kier alpha value is -3.94. The molecule has 3 aliphatic carbocycles. The van der Waals surface area contributed by atoms with Gasteiger partial charge in [0.2, 0.25) is 11.6 Å². The summed E-state index contributed by atoms with van der Waals surface area (Å²) >= 11 is 0. The third kappa shape index (κ3) is 5.26. The first-order valence-corrected chi connectivity index (χ1v) is 15.0. The molecule has 45 heavy (non-hydrogen) atoms. The number of carbonyl (C=O) groups is 3. The predicted octanol–water partition coefficient (Wildman–Crippen LogP) is 3.93. The fourth-order valence-corrected chi connectivity index (χ4v) is 6.75. The summed E-state index contributed by atoms with van der Waals surface area (Å²) in [6.07, 6.45) is 0.655. The van der Waals surface area contributed by atoms with Crippen molar-refractivity contribution in [2.45, 2.75) is 77.2 Å². The molecule has 0 unspecified atom stereocenters. The molecule has 1 fully saturated rings. The summed E-state index contributed by atoms with van der Waals surface area (Å²) in [5, 5.41) is 38.1. The molecule has 0 radical (unpaired) electrons. The minimum absolute atomic E-state index is 0.0294. The number of unbranched alkanes of at least 4 members (excludes halogenated alkanes) is 1. The Kier molecular flexibility index (Phi) is 8.49. The molecular formula is C32H40N2O11. The predicted molar refractivity (Wildman–Crippen MR) is 158 cm³/mol. The van der Waals surface area contributed by atoms with Crippen LogP contribution in [0, 0.1) is 11.8 Å². The lowest BCUT2D eigenvalue weighted by Gasteiger charge is -2.49. The van der Waals surface area contributed by atoms with Crippen molar-refractivity contribution in [3.8, 4) is 17.4 Å². The molecular weight excluding hydrogens is 588 g/mol. The lowest BCUT2D eigenvalue weighted by Crippen LogP contribution is -2.63. The van der Waals surface area contributed by atoms with E-state index in [9.17, 15) is 29.7 Å². The van der Waals surface area contributed by atoms with E-state index in [1.54, 1.807) is 39.8 Å². The number of hydrogen-bond acceptors (Lipinski definition) is 13. The topological polar surface area (TPSA) is 178 Å². The van der Waals surface area contributed by atoms with Crippen LogP contribution in [-0.4, -0.2) is 82.1 Å². The molecule has 0 amide bonds. The Morgan fingerprint density at radius 3 is 2.51 bits per heavy atom. The standard InChI is InChI=1S/C32H40N2O11/c1-8-9-10-42-29-22-26(45-33-29)23(34(5)6)18-12-15-11-17-21(24(36)20(15)27(37)32(18,40)28(22)38)19(13-16(14-35)25(17)41-7)43-30(39)44-31(2,3)4/h13,15,18,23,35-36,40H,8-12,14H2,1-7H3/t15-,18-,23-,32-/m0/s1. The summed E-state index contributed by atoms with van der Waals surface area (Å²) in [6.45, 7) is 6.73. The average molecular weight is 629 g/mol. The van der Waals surface area contributed by atoms with E-state index in [-0.39, 0.29) is 64.9 Å². The summed E-state index contributed by atoms with van der Waals surface area (Å²) in [7, 11) is 4.88. The molecule has 0 aliphatic heterocycles. The van der Waals surface area contributed by atoms with Crippen molar-refractivity contribution in [1.82, 2.24) is 10.1 Å². The number of fused-ring (bicyclic) bond motifs is 4. The normalized spacial score (nSPS) is 24.1. The van der Waals surface area contributed by atoms with E-state index >= 15 is 0 Å². The molecule has 4 atom stereocenters. The molecule has 1 aromatic heterocycles. The maximum absolute atomic E-state index is 14.4. The van der Waals surface area contributed by atoms with Crippen molar-refractivity contribution < 1.29 is 53.2 Å². The van der Waals surface area contributed by atoms with Gasteiger partial charge in [-0.05, 0) is 71.3 Å². The molecule has 1 heterocycles. The van der Waals surface area contributed by atoms with Gasteiger partial charge in [0.1, 0.15) is 28.4 Å². The lowest BCUT2D eigenvalue weighted by atomic mass is 9.57. The van der Waals surface area contributed by atoms with E-state index in [1.807, 2.05) is 6.92 Å². The SMILES string of the molecule is CCCCOc1noc2c1C(=O)[C@@]1(O)C(=O)C3=C(O)c4c(OC(=O)OC(C)(C)C)cc(CO)c(OC)c4C[C@H]3C[C@H]1[C@@H]2N(C)C. The average Bonchev–Trinajstić information content (AvgIpc) is 3.36. The Morgan fingerprint density at radius 2 is 1.91 bits per heavy atom. The molecule has 1 saturated carbocycles. The summed E-state index contributed by atoms with van der Waals surface area (Å²) in [4.78, 5) is 43.0. The fourth-order valence-electron chi connectivity index (χ4n) is 6.75. The summed E-state index contributed by atoms with van der Waals surface area (Å²) < 4.78 is 27.8. The first-order valence-electron chi connectivity index (χ1n) is 15.0. The summed E-state index contributed by atoms with van der Waals surface area (Å²) in [6, 6.07) is 0.588. The molecule has 0 spiro atoms. The zero-order valence-electron chi connectivity index (χ0n) is 26.6. The smallest absolute Gasteiger partial charge is 0.507 e. The van der Waals surface area contributed by atoms with Gasteiger partial charge in [0, 0.05) is 22.6 Å². The lowest BCUT2D eigenvalue weighted by molar-refractivity contribution is -0.142. The van der Waals surface area contributed by atoms with Crippen molar-refractivity contribution in [1.29, 1.82) is 0 Å². The van der Waals surface area contributed by atoms with E-state index in [4.69, 9.17) is 23.5 Å². The van der Waals surface area contributed by atoms with Gasteiger partial charge in [-0.15, -0.1) is 0 Å². The number of aliphatic hydroxyl groups is 3. The molecule has 1 aromatic carbocycles. The van der Waals surface area contributed by atoms with Gasteiger partial charge < -0.3 is 38.8 Å². The number of benzene rings is 1. The van der Waals surface area contributed by atoms with Crippen LogP contribution in [0.15, 0.2) is 16.2 Å². The van der Waals surface area contributed by atoms with E-state index in [1.165, 1.54) is 13.2 Å². The first kappa shape index (κ1) is 32.5. The highest BCUT2D eigenvalue weighted by Crippen LogP contribution is 2.57. The van der Waals surface area contributed by atoms with Crippen molar-refractivity contribution in [3.05, 3.63) is 39.7 Å². The van der Waals surface area contributed by atoms with Crippen LogP contribution in [0.2, 0.25) is 0 Å². The van der Waals surface area contributed by atoms with Gasteiger partial charge in [-0.25, -0.2) is 4.79 Å². The van der Waals surface area contributed by atoms with Crippen LogP contribution in [0.3, 0.4) is 0 Å². The van der Waals surface area contributed by atoms with Crippen molar-refractivity contribution in [2.75, 3.05) is 27.8 Å². The quantitative estimate of drug-likeness (QED) is 0.166. The van der Waals surface area contributed by atoms with E-state index in [0.29, 0.717) is 12.0 Å². The van der Waals surface area contributed by atoms with Crippen LogP contribution in [0.5, 0.6) is 17.4 Å². The minimum Gasteiger partial charge on any atom is -0.507 e. The second kappa shape index (κ2) is 11.8. The van der Waals surface area contributed by atoms with Crippen LogP contribution in [0.25, 0.3) is 5.76 Å². The Morgan fingerprint density at radius 1 is 1.20 bits per heavy atom. The highest BCUT2D eigenvalue weighted by atomic mass is 16.7. The van der Waals surface area contributed by atoms with Crippen LogP contribution in [0.4, 0.5) is 4.79 Å². The zero-order chi connectivity index (χ0) is 33.0. The number of rotatable bonds is 8. The number of aliphatic hydroxyl groups excluding tert-OH is 2. The third-order valence-corrected chi connectivity index (χ3v) is 8.60. The van der Waals surface area contributed by atoms with Crippen LogP contribution >= 0.6 is 0 Å². The van der Waals surface area contributed by atoms with Crippen LogP contribution < -0.4 is 14.2 Å². The number of Topliss-reactive ketones (excluding diaryl/α,β-unsaturated/α-hetero) is 2. The van der Waals surface area contributed by atoms with Gasteiger partial charge in [-0.2, -0.15) is 0 Å². The molecule has 13 heteroatoms. The van der Waals surface area contributed by atoms with Gasteiger partial charge >= 0.3 is 6.16 Å². The molecule has 0 bridgehead atoms. The molecule has 0 saturated heterocycles. The van der Waals surface area contributed by atoms with Crippen LogP contribution in [-0.2, 0) is 22.6 Å². The Bertz CT molecular complexity index is 1570. The highest BCUT2D eigenvalue weighted by molar-refractivity contribution is 6.26. The monoisotopic (exact) mass is 628 g/mol. The number of nitrogens with zero attached hydrogens (tertiary/aromatic N) is 2. The van der Waals surface area contributed by atoms with Gasteiger partial charge in [0.25, 0.3) is 5.88 Å². The van der Waals surface area contributed by atoms with Gasteiger partial charge in [0.05, 0.1) is 31.9 Å². The molecule has 13 nitrogen and oxygen atoms in total. The summed E-state index contributed by atoms with van der Waals surface area (Å²) in [5.41, 5.74) is -3.10. The number of methoxy groups -OCH3 is 1. The van der Waals surface area contributed by atoms with Crippen LogP contribution in [0.1, 0.15) is 85.8 Å². The third-order valence-electron chi connectivity index (χ3n) is 8.60. The second-order valence-electron chi connectivity index (χ2n) is 12.9. The van der Waals surface area contributed by atoms with Crippen molar-refractivity contribution >= 4 is 23.5 Å². The molecule has 5 rings (SSSR count). The maximum atomic E-state index is 14.4. The van der Waals surface area contributed by atoms with Crippen molar-refractivity contribution in [2.24, 2.45) is 11.8 Å². The largest absolute Gasteiger partial charge is 0.514 e. The first-order chi connectivity index (χ1) is 21.2. The van der Waals surface area contributed by atoms with E-state index in [2.05, 4.69) is 5.16 Å². The Labute approximate surface area is 260 Å². The molecule has 2 aromatic rings. The van der Waals surface area contributed by atoms with E-state index < -0.39 is 59.2 Å². The molecule has 3 N–H and O–H groups in total. The van der Waals surface area contributed by atoms with Crippen molar-refractivity contribution in [3.63, 3.8) is 0 Å². The molecule has 3 aliphatic rings. The van der Waals surface area contributed by atoms with E-state index in [0.717, 1.165) is 6.42 Å². The Balaban J connectivity index is 1.67. The number of ketones is 2. The zero-order valence-corrected chi connectivity index (χ0v) is 26.6. The highest BCUT2D eigenvalue weighted by Gasteiger charge is 2.65. The van der Waals surface area contributed by atoms with Gasteiger partial charge in [0.15, 0.2) is 11.4 Å².